The summed E-state index contributed by atoms with van der Waals surface area (Å²) < 4.78 is 32.1. The van der Waals surface area contributed by atoms with Crippen molar-refractivity contribution in [2.45, 2.75) is 26.7 Å². The lowest BCUT2D eigenvalue weighted by Crippen LogP contribution is -2.13. The Balaban J connectivity index is 2.34. The minimum absolute atomic E-state index is 0.169. The zero-order valence-electron chi connectivity index (χ0n) is 13.4. The maximum absolute atomic E-state index is 13.3. The second-order valence-electron chi connectivity index (χ2n) is 4.96. The molecule has 0 fully saturated rings. The molecule has 9 heteroatoms. The first-order valence-electron chi connectivity index (χ1n) is 7.18. The van der Waals surface area contributed by atoms with Gasteiger partial charge in [-0.3, -0.25) is 4.79 Å². The van der Waals surface area contributed by atoms with E-state index in [-0.39, 0.29) is 11.7 Å². The Morgan fingerprint density at radius 3 is 2.71 bits per heavy atom. The molecule has 0 spiro atoms. The summed E-state index contributed by atoms with van der Waals surface area (Å²) in [6.45, 7) is 4.26. The number of carbonyl (C=O) groups excluding carboxylic acids is 1. The van der Waals surface area contributed by atoms with Gasteiger partial charge in [0.15, 0.2) is 5.75 Å². The van der Waals surface area contributed by atoms with Crippen LogP contribution >= 0.6 is 0 Å². The molecule has 0 bridgehead atoms. The molecule has 2 aromatic rings. The summed E-state index contributed by atoms with van der Waals surface area (Å²) in [5.41, 5.74) is 0.430. The average molecular weight is 337 g/mol. The number of nitrogens with zero attached hydrogens (tertiary/aromatic N) is 3. The van der Waals surface area contributed by atoms with Crippen molar-refractivity contribution < 1.29 is 18.3 Å². The van der Waals surface area contributed by atoms with Crippen LogP contribution in [0.1, 0.15) is 26.6 Å². The number of aromatic nitrogens is 3. The molecule has 2 heterocycles. The van der Waals surface area contributed by atoms with Gasteiger partial charge in [0.25, 0.3) is 0 Å². The minimum Gasteiger partial charge on any atom is -0.490 e. The number of rotatable bonds is 6. The topological polar surface area (TPSA) is 89.0 Å². The zero-order valence-corrected chi connectivity index (χ0v) is 13.4. The van der Waals surface area contributed by atoms with Crippen molar-refractivity contribution in [1.29, 1.82) is 0 Å². The highest BCUT2D eigenvalue weighted by molar-refractivity contribution is 5.88. The van der Waals surface area contributed by atoms with Crippen molar-refractivity contribution in [3.05, 3.63) is 30.4 Å². The van der Waals surface area contributed by atoms with Crippen LogP contribution in [0.15, 0.2) is 24.5 Å². The number of nitrogens with one attached hydrogen (secondary N) is 2. The third-order valence-electron chi connectivity index (χ3n) is 2.78. The Kier molecular flexibility index (Phi) is 5.22. The molecule has 0 aliphatic rings. The van der Waals surface area contributed by atoms with E-state index in [0.29, 0.717) is 23.9 Å². The van der Waals surface area contributed by atoms with Gasteiger partial charge in [-0.05, 0) is 13.0 Å². The van der Waals surface area contributed by atoms with Crippen molar-refractivity contribution in [2.75, 3.05) is 17.2 Å². The van der Waals surface area contributed by atoms with Gasteiger partial charge in [-0.15, -0.1) is 0 Å². The summed E-state index contributed by atoms with van der Waals surface area (Å²) in [5.74, 6) is -3.17. The van der Waals surface area contributed by atoms with Gasteiger partial charge in [0.1, 0.15) is 11.6 Å². The first kappa shape index (κ1) is 17.5. The molecule has 0 radical (unpaired) electrons. The molecule has 1 amide bonds. The van der Waals surface area contributed by atoms with Crippen LogP contribution < -0.4 is 15.4 Å². The van der Waals surface area contributed by atoms with E-state index in [4.69, 9.17) is 4.74 Å². The van der Waals surface area contributed by atoms with Crippen LogP contribution in [0.3, 0.4) is 0 Å². The van der Waals surface area contributed by atoms with Crippen molar-refractivity contribution in [3.8, 4) is 5.75 Å². The molecule has 2 N–H and O–H groups in total. The molecule has 0 saturated heterocycles. The van der Waals surface area contributed by atoms with Gasteiger partial charge in [0.2, 0.25) is 11.7 Å². The monoisotopic (exact) mass is 337 g/mol. The molecular weight excluding hydrogens is 320 g/mol. The van der Waals surface area contributed by atoms with Gasteiger partial charge in [-0.2, -0.15) is 8.78 Å². The van der Waals surface area contributed by atoms with Crippen molar-refractivity contribution in [3.63, 3.8) is 0 Å². The Bertz CT molecular complexity index is 734. The van der Waals surface area contributed by atoms with E-state index in [1.807, 2.05) is 0 Å². The number of amides is 1. The number of ether oxygens (including phenoxy) is 1. The Morgan fingerprint density at radius 1 is 1.33 bits per heavy atom. The smallest absolute Gasteiger partial charge is 0.303 e. The SMILES string of the molecule is CCOc1cnc(NC(C)=O)cc1Nc1ccnc(C(C)(F)F)n1. The number of alkyl halides is 2. The first-order chi connectivity index (χ1) is 11.3. The number of halogens is 2. The van der Waals surface area contributed by atoms with E-state index >= 15 is 0 Å². The highest BCUT2D eigenvalue weighted by atomic mass is 19.3. The number of anilines is 3. The van der Waals surface area contributed by atoms with E-state index in [2.05, 4.69) is 25.6 Å². The van der Waals surface area contributed by atoms with Crippen LogP contribution in [0.5, 0.6) is 5.75 Å². The second kappa shape index (κ2) is 7.16. The summed E-state index contributed by atoms with van der Waals surface area (Å²) in [4.78, 5) is 22.6. The van der Waals surface area contributed by atoms with Gasteiger partial charge in [0.05, 0.1) is 18.5 Å². The Morgan fingerprint density at radius 2 is 2.08 bits per heavy atom. The summed E-state index contributed by atoms with van der Waals surface area (Å²) in [7, 11) is 0. The minimum atomic E-state index is -3.15. The molecule has 0 saturated carbocycles. The summed E-state index contributed by atoms with van der Waals surface area (Å²) in [6.07, 6.45) is 2.66. The molecule has 7 nitrogen and oxygen atoms in total. The number of hydrogen-bond donors (Lipinski definition) is 2. The van der Waals surface area contributed by atoms with Gasteiger partial charge >= 0.3 is 5.92 Å². The number of hydrogen-bond acceptors (Lipinski definition) is 6. The van der Waals surface area contributed by atoms with E-state index < -0.39 is 11.7 Å². The fourth-order valence-electron chi connectivity index (χ4n) is 1.84. The first-order valence-corrected chi connectivity index (χ1v) is 7.18. The van der Waals surface area contributed by atoms with Crippen molar-refractivity contribution in [1.82, 2.24) is 15.0 Å². The van der Waals surface area contributed by atoms with Crippen LogP contribution in [0.2, 0.25) is 0 Å². The average Bonchev–Trinajstić information content (AvgIpc) is 2.49. The van der Waals surface area contributed by atoms with Gasteiger partial charge in [0, 0.05) is 26.1 Å². The highest BCUT2D eigenvalue weighted by Crippen LogP contribution is 2.30. The molecule has 0 atom stereocenters. The number of pyridine rings is 1. The van der Waals surface area contributed by atoms with Gasteiger partial charge < -0.3 is 15.4 Å². The summed E-state index contributed by atoms with van der Waals surface area (Å²) in [5, 5.41) is 5.42. The lowest BCUT2D eigenvalue weighted by atomic mass is 10.3. The van der Waals surface area contributed by atoms with Crippen LogP contribution in [0.25, 0.3) is 0 Å². The largest absolute Gasteiger partial charge is 0.490 e. The molecule has 0 aliphatic heterocycles. The van der Waals surface area contributed by atoms with E-state index in [0.717, 1.165) is 6.92 Å². The summed E-state index contributed by atoms with van der Waals surface area (Å²) in [6, 6.07) is 2.97. The summed E-state index contributed by atoms with van der Waals surface area (Å²) >= 11 is 0. The fourth-order valence-corrected chi connectivity index (χ4v) is 1.84. The van der Waals surface area contributed by atoms with Crippen molar-refractivity contribution in [2.24, 2.45) is 0 Å². The van der Waals surface area contributed by atoms with Crippen LogP contribution in [-0.4, -0.2) is 27.5 Å². The second-order valence-corrected chi connectivity index (χ2v) is 4.96. The normalized spacial score (nSPS) is 11.0. The van der Waals surface area contributed by atoms with Gasteiger partial charge in [-0.25, -0.2) is 15.0 Å². The lowest BCUT2D eigenvalue weighted by molar-refractivity contribution is -0.114. The molecule has 0 aromatic carbocycles. The van der Waals surface area contributed by atoms with Crippen LogP contribution in [0.4, 0.5) is 26.1 Å². The van der Waals surface area contributed by atoms with Crippen LogP contribution in [-0.2, 0) is 10.7 Å². The lowest BCUT2D eigenvalue weighted by Gasteiger charge is -2.14. The molecule has 128 valence electrons. The maximum atomic E-state index is 13.3. The molecule has 0 aliphatic carbocycles. The van der Waals surface area contributed by atoms with Crippen molar-refractivity contribution >= 4 is 23.2 Å². The third-order valence-corrected chi connectivity index (χ3v) is 2.78. The van der Waals surface area contributed by atoms with E-state index in [1.54, 1.807) is 6.92 Å². The standard InChI is InChI=1S/C15H17F2N5O2/c1-4-24-11-8-19-13(20-9(2)23)7-10(11)21-12-5-6-18-14(22-12)15(3,16)17/h5-8H,4H2,1-3H3,(H2,18,19,20,21,22,23). The predicted octanol–water partition coefficient (Wildman–Crippen LogP) is 3.08. The molecule has 2 rings (SSSR count). The zero-order chi connectivity index (χ0) is 17.7. The third kappa shape index (κ3) is 4.58. The molecule has 24 heavy (non-hydrogen) atoms. The predicted molar refractivity (Wildman–Crippen MR) is 84.6 cm³/mol. The molecule has 2 aromatic heterocycles. The molecular formula is C15H17F2N5O2. The van der Waals surface area contributed by atoms with Crippen LogP contribution in [0, 0.1) is 0 Å². The Labute approximate surface area is 137 Å². The maximum Gasteiger partial charge on any atom is 0.303 e. The molecule has 0 unspecified atom stereocenters. The van der Waals surface area contributed by atoms with Gasteiger partial charge in [-0.1, -0.05) is 0 Å². The fraction of sp³-hybridized carbons (Fsp3) is 0.333. The van der Waals surface area contributed by atoms with E-state index in [9.17, 15) is 13.6 Å². The quantitative estimate of drug-likeness (QED) is 0.842. The van der Waals surface area contributed by atoms with E-state index in [1.165, 1.54) is 31.5 Å². The number of carbonyl (C=O) groups is 1. The highest BCUT2D eigenvalue weighted by Gasteiger charge is 2.28. The Hall–Kier alpha value is -2.84.